The van der Waals surface area contributed by atoms with Crippen molar-refractivity contribution in [2.45, 2.75) is 123 Å². The van der Waals surface area contributed by atoms with Crippen molar-refractivity contribution in [2.75, 3.05) is 0 Å². The lowest BCUT2D eigenvalue weighted by Crippen LogP contribution is -2.31. The highest BCUT2D eigenvalue weighted by atomic mass is 19.4. The van der Waals surface area contributed by atoms with Crippen LogP contribution in [0.2, 0.25) is 0 Å². The van der Waals surface area contributed by atoms with Crippen molar-refractivity contribution in [2.24, 2.45) is 47.3 Å². The first kappa shape index (κ1) is 26.1. The minimum absolute atomic E-state index is 0.375. The number of halogens is 3. The zero-order valence-electron chi connectivity index (χ0n) is 20.9. The number of allylic oxidation sites excluding steroid dienone is 1. The van der Waals surface area contributed by atoms with E-state index in [-0.39, 0.29) is 0 Å². The summed E-state index contributed by atoms with van der Waals surface area (Å²) in [5, 5.41) is 0. The van der Waals surface area contributed by atoms with Crippen LogP contribution in [0.15, 0.2) is 12.7 Å². The van der Waals surface area contributed by atoms with Gasteiger partial charge in [-0.05, 0) is 118 Å². The number of alkyl halides is 3. The number of hydrogen-bond donors (Lipinski definition) is 0. The number of rotatable bonds is 3. The fourth-order valence-corrected chi connectivity index (χ4v) is 7.28. The summed E-state index contributed by atoms with van der Waals surface area (Å²) in [6, 6.07) is 0. The zero-order chi connectivity index (χ0) is 23.1. The van der Waals surface area contributed by atoms with E-state index in [1.54, 1.807) is 0 Å². The van der Waals surface area contributed by atoms with Gasteiger partial charge in [-0.2, -0.15) is 13.2 Å². The van der Waals surface area contributed by atoms with Crippen molar-refractivity contribution in [3.05, 3.63) is 12.7 Å². The molecule has 4 saturated carbocycles. The van der Waals surface area contributed by atoms with E-state index in [1.807, 2.05) is 0 Å². The highest BCUT2D eigenvalue weighted by Crippen LogP contribution is 2.45. The Labute approximate surface area is 196 Å². The second-order valence-corrected chi connectivity index (χ2v) is 12.1. The van der Waals surface area contributed by atoms with E-state index >= 15 is 0 Å². The highest BCUT2D eigenvalue weighted by molar-refractivity contribution is 4.87. The fourth-order valence-electron chi connectivity index (χ4n) is 7.28. The van der Waals surface area contributed by atoms with Gasteiger partial charge in [0.25, 0.3) is 0 Å². The van der Waals surface area contributed by atoms with E-state index in [0.717, 1.165) is 48.3 Å². The summed E-state index contributed by atoms with van der Waals surface area (Å²) in [7, 11) is 0. The molecular weight excluding hydrogens is 405 g/mol. The lowest BCUT2D eigenvalue weighted by Gasteiger charge is -2.37. The van der Waals surface area contributed by atoms with Gasteiger partial charge < -0.3 is 0 Å². The van der Waals surface area contributed by atoms with Crippen molar-refractivity contribution >= 4 is 0 Å². The highest BCUT2D eigenvalue weighted by Gasteiger charge is 2.42. The Morgan fingerprint density at radius 3 is 1.16 bits per heavy atom. The lowest BCUT2D eigenvalue weighted by atomic mass is 9.69. The monoisotopic (exact) mass is 454 g/mol. The Kier molecular flexibility index (Phi) is 10.0. The molecular formula is C29H49F3. The first-order valence-electron chi connectivity index (χ1n) is 14.0. The molecule has 0 saturated heterocycles. The molecule has 4 aliphatic carbocycles. The molecule has 0 spiro atoms. The summed E-state index contributed by atoms with van der Waals surface area (Å²) in [5.74, 6) is 5.11. The van der Waals surface area contributed by atoms with Crippen molar-refractivity contribution in [1.29, 1.82) is 0 Å². The molecule has 0 amide bonds. The van der Waals surface area contributed by atoms with Crippen LogP contribution in [0.1, 0.15) is 117 Å². The van der Waals surface area contributed by atoms with Gasteiger partial charge in [0.05, 0.1) is 5.92 Å². The molecule has 0 aromatic rings. The maximum atomic E-state index is 12.6. The Bertz CT molecular complexity index is 521. The molecule has 0 N–H and O–H groups in total. The van der Waals surface area contributed by atoms with Crippen molar-refractivity contribution in [1.82, 2.24) is 0 Å². The number of hydrogen-bond acceptors (Lipinski definition) is 0. The smallest absolute Gasteiger partial charge is 0.171 e. The topological polar surface area (TPSA) is 0 Å². The van der Waals surface area contributed by atoms with Gasteiger partial charge in [-0.15, -0.1) is 6.58 Å². The molecule has 4 rings (SSSR count). The van der Waals surface area contributed by atoms with Gasteiger partial charge >= 0.3 is 6.18 Å². The second kappa shape index (κ2) is 12.3. The molecule has 0 aliphatic heterocycles. The maximum Gasteiger partial charge on any atom is 0.391 e. The van der Waals surface area contributed by atoms with Gasteiger partial charge in [0.1, 0.15) is 0 Å². The Balaban J connectivity index is 0.000000182. The summed E-state index contributed by atoms with van der Waals surface area (Å²) in [6.45, 7) is 8.64. The third kappa shape index (κ3) is 7.79. The van der Waals surface area contributed by atoms with Crippen LogP contribution in [-0.2, 0) is 0 Å². The molecule has 0 radical (unpaired) electrons. The molecule has 0 unspecified atom stereocenters. The first-order chi connectivity index (χ1) is 15.3. The third-order valence-corrected chi connectivity index (χ3v) is 9.84. The normalized spacial score (nSPS) is 41.3. The van der Waals surface area contributed by atoms with Gasteiger partial charge in [0.2, 0.25) is 0 Å². The van der Waals surface area contributed by atoms with Crippen LogP contribution in [0.4, 0.5) is 13.2 Å². The molecule has 0 atom stereocenters. The van der Waals surface area contributed by atoms with E-state index in [2.05, 4.69) is 26.5 Å². The van der Waals surface area contributed by atoms with Crippen molar-refractivity contribution < 1.29 is 13.2 Å². The van der Waals surface area contributed by atoms with Gasteiger partial charge in [-0.3, -0.25) is 0 Å². The predicted molar refractivity (Wildman–Crippen MR) is 129 cm³/mol. The van der Waals surface area contributed by atoms with E-state index in [1.165, 1.54) is 77.0 Å². The van der Waals surface area contributed by atoms with Gasteiger partial charge in [0.15, 0.2) is 0 Å². The molecule has 0 bridgehead atoms. The summed E-state index contributed by atoms with van der Waals surface area (Å²) in [6.07, 6.45) is 17.5. The van der Waals surface area contributed by atoms with E-state index in [9.17, 15) is 13.2 Å². The van der Waals surface area contributed by atoms with Crippen LogP contribution in [0.5, 0.6) is 0 Å². The standard InChI is InChI=1S/C15H26.C14H23F3/c1-3-13-6-10-15(11-7-13)14-8-4-12(2)5-9-14;1-10-2-4-11(5-3-10)12-6-8-13(9-7-12)14(15,16)17/h3,12-15H,1,4-11H2,2H3;10-13H,2-9H2,1H3. The van der Waals surface area contributed by atoms with Crippen LogP contribution < -0.4 is 0 Å². The van der Waals surface area contributed by atoms with E-state index in [0.29, 0.717) is 18.8 Å². The Hall–Kier alpha value is -0.470. The van der Waals surface area contributed by atoms with Crippen molar-refractivity contribution in [3.63, 3.8) is 0 Å². The molecule has 4 aliphatic rings. The Morgan fingerprint density at radius 1 is 0.531 bits per heavy atom. The van der Waals surface area contributed by atoms with Gasteiger partial charge in [-0.1, -0.05) is 45.6 Å². The summed E-state index contributed by atoms with van der Waals surface area (Å²) in [5.41, 5.74) is 0. The average molecular weight is 455 g/mol. The van der Waals surface area contributed by atoms with Gasteiger partial charge in [0, 0.05) is 0 Å². The zero-order valence-corrected chi connectivity index (χ0v) is 20.9. The minimum Gasteiger partial charge on any atom is -0.171 e. The summed E-state index contributed by atoms with van der Waals surface area (Å²) in [4.78, 5) is 0. The molecule has 0 aromatic carbocycles. The molecule has 0 nitrogen and oxygen atoms in total. The molecule has 3 heteroatoms. The second-order valence-electron chi connectivity index (χ2n) is 12.1. The molecule has 32 heavy (non-hydrogen) atoms. The predicted octanol–water partition coefficient (Wildman–Crippen LogP) is 9.99. The van der Waals surface area contributed by atoms with Crippen LogP contribution in [0, 0.1) is 47.3 Å². The van der Waals surface area contributed by atoms with Crippen LogP contribution in [0.25, 0.3) is 0 Å². The third-order valence-electron chi connectivity index (χ3n) is 9.84. The largest absolute Gasteiger partial charge is 0.391 e. The molecule has 0 aromatic heterocycles. The minimum atomic E-state index is -3.95. The van der Waals surface area contributed by atoms with Crippen LogP contribution >= 0.6 is 0 Å². The van der Waals surface area contributed by atoms with Crippen LogP contribution in [-0.4, -0.2) is 6.18 Å². The molecule has 186 valence electrons. The Morgan fingerprint density at radius 2 is 0.844 bits per heavy atom. The van der Waals surface area contributed by atoms with Gasteiger partial charge in [-0.25, -0.2) is 0 Å². The van der Waals surface area contributed by atoms with Crippen LogP contribution in [0.3, 0.4) is 0 Å². The quantitative estimate of drug-likeness (QED) is 0.372. The summed E-state index contributed by atoms with van der Waals surface area (Å²) >= 11 is 0. The van der Waals surface area contributed by atoms with E-state index in [4.69, 9.17) is 0 Å². The first-order valence-corrected chi connectivity index (χ1v) is 14.0. The SMILES string of the molecule is C=CC1CCC(C2CCC(C)CC2)CC1.CC1CCC(C2CCC(C(F)(F)F)CC2)CC1. The fraction of sp³-hybridized carbons (Fsp3) is 0.931. The molecule has 0 heterocycles. The van der Waals surface area contributed by atoms with E-state index < -0.39 is 12.1 Å². The lowest BCUT2D eigenvalue weighted by molar-refractivity contribution is -0.185. The average Bonchev–Trinajstić information content (AvgIpc) is 2.80. The van der Waals surface area contributed by atoms with Crippen molar-refractivity contribution in [3.8, 4) is 0 Å². The molecule has 4 fully saturated rings. The maximum absolute atomic E-state index is 12.6. The summed E-state index contributed by atoms with van der Waals surface area (Å²) < 4.78 is 37.7.